The minimum atomic E-state index is -3.97. The van der Waals surface area contributed by atoms with Crippen LogP contribution in [0.2, 0.25) is 0 Å². The van der Waals surface area contributed by atoms with Gasteiger partial charge in [-0.15, -0.1) is 0 Å². The predicted molar refractivity (Wildman–Crippen MR) is 161 cm³/mol. The summed E-state index contributed by atoms with van der Waals surface area (Å²) in [5.74, 6) is 0. The summed E-state index contributed by atoms with van der Waals surface area (Å²) in [6.07, 6.45) is 6.45. The number of rotatable bonds is 12. The highest BCUT2D eigenvalue weighted by molar-refractivity contribution is 7.89. The SMILES string of the molecule is O=S(=O)(c1ccc2occc2c1)N(CCCN(Cc1ccccn1)S(=O)(=O)c1ccc2occc2c1)Cc1ccccn1. The molecule has 0 aliphatic rings. The second-order valence-corrected chi connectivity index (χ2v) is 13.8. The Kier molecular flexibility index (Phi) is 8.08. The Bertz CT molecular complexity index is 1910. The largest absolute Gasteiger partial charge is 0.464 e. The van der Waals surface area contributed by atoms with E-state index in [4.69, 9.17) is 8.83 Å². The summed E-state index contributed by atoms with van der Waals surface area (Å²) in [5, 5.41) is 1.34. The molecule has 43 heavy (non-hydrogen) atoms. The van der Waals surface area contributed by atoms with Crippen molar-refractivity contribution in [3.63, 3.8) is 0 Å². The fourth-order valence-corrected chi connectivity index (χ4v) is 7.82. The van der Waals surface area contributed by atoms with E-state index >= 15 is 0 Å². The quantitative estimate of drug-likeness (QED) is 0.178. The van der Waals surface area contributed by atoms with Crippen LogP contribution in [0.3, 0.4) is 0 Å². The van der Waals surface area contributed by atoms with Gasteiger partial charge in [0.05, 0.1) is 46.8 Å². The lowest BCUT2D eigenvalue weighted by Gasteiger charge is -2.25. The van der Waals surface area contributed by atoms with Crippen molar-refractivity contribution in [1.29, 1.82) is 0 Å². The van der Waals surface area contributed by atoms with Crippen LogP contribution in [0.5, 0.6) is 0 Å². The van der Waals surface area contributed by atoms with Crippen molar-refractivity contribution >= 4 is 42.0 Å². The van der Waals surface area contributed by atoms with Crippen molar-refractivity contribution in [2.45, 2.75) is 29.3 Å². The van der Waals surface area contributed by atoms with Gasteiger partial charge < -0.3 is 8.83 Å². The predicted octanol–water partition coefficient (Wildman–Crippen LogP) is 5.44. The lowest BCUT2D eigenvalue weighted by Crippen LogP contribution is -2.36. The van der Waals surface area contributed by atoms with Gasteiger partial charge in [-0.3, -0.25) is 9.97 Å². The van der Waals surface area contributed by atoms with E-state index in [1.807, 2.05) is 0 Å². The first-order chi connectivity index (χ1) is 20.8. The van der Waals surface area contributed by atoms with E-state index in [-0.39, 0.29) is 42.4 Å². The Morgan fingerprint density at radius 2 is 1.05 bits per heavy atom. The van der Waals surface area contributed by atoms with E-state index in [0.717, 1.165) is 0 Å². The number of aromatic nitrogens is 2. The molecule has 0 amide bonds. The van der Waals surface area contributed by atoms with Gasteiger partial charge in [-0.1, -0.05) is 12.1 Å². The Labute approximate surface area is 249 Å². The van der Waals surface area contributed by atoms with E-state index in [1.165, 1.54) is 33.3 Å². The van der Waals surface area contributed by atoms with Crippen molar-refractivity contribution in [2.24, 2.45) is 0 Å². The number of hydrogen-bond donors (Lipinski definition) is 0. The molecule has 12 heteroatoms. The zero-order valence-corrected chi connectivity index (χ0v) is 24.6. The Balaban J connectivity index is 1.28. The molecule has 0 saturated carbocycles. The molecule has 0 aliphatic carbocycles. The first kappa shape index (κ1) is 28.7. The third-order valence-electron chi connectivity index (χ3n) is 7.07. The summed E-state index contributed by atoms with van der Waals surface area (Å²) in [4.78, 5) is 8.87. The first-order valence-electron chi connectivity index (χ1n) is 13.6. The molecule has 2 aromatic carbocycles. The lowest BCUT2D eigenvalue weighted by atomic mass is 10.3. The summed E-state index contributed by atoms with van der Waals surface area (Å²) >= 11 is 0. The molecule has 0 bridgehead atoms. The summed E-state index contributed by atoms with van der Waals surface area (Å²) in [7, 11) is -7.94. The molecule has 10 nitrogen and oxygen atoms in total. The van der Waals surface area contributed by atoms with E-state index in [9.17, 15) is 16.8 Å². The van der Waals surface area contributed by atoms with Crippen LogP contribution in [-0.2, 0) is 33.1 Å². The molecule has 0 unspecified atom stereocenters. The number of pyridine rings is 2. The van der Waals surface area contributed by atoms with Crippen molar-refractivity contribution in [1.82, 2.24) is 18.6 Å². The zero-order valence-electron chi connectivity index (χ0n) is 23.0. The van der Waals surface area contributed by atoms with Gasteiger partial charge in [-0.05, 0) is 79.2 Å². The van der Waals surface area contributed by atoms with Crippen LogP contribution in [-0.4, -0.2) is 48.5 Å². The Morgan fingerprint density at radius 3 is 1.47 bits per heavy atom. The molecular formula is C31H28N4O6S2. The summed E-state index contributed by atoms with van der Waals surface area (Å²) in [6.45, 7) is 0.155. The summed E-state index contributed by atoms with van der Waals surface area (Å²) in [6, 6.07) is 23.4. The van der Waals surface area contributed by atoms with Gasteiger partial charge in [0.2, 0.25) is 20.0 Å². The Hall–Kier alpha value is -4.36. The maximum Gasteiger partial charge on any atom is 0.243 e. The minimum absolute atomic E-state index is 0.0245. The molecule has 0 aliphatic heterocycles. The lowest BCUT2D eigenvalue weighted by molar-refractivity contribution is 0.349. The second kappa shape index (κ2) is 12.1. The van der Waals surface area contributed by atoms with Gasteiger partial charge in [0.15, 0.2) is 0 Å². The van der Waals surface area contributed by atoms with E-state index < -0.39 is 20.0 Å². The zero-order chi connectivity index (χ0) is 29.9. The monoisotopic (exact) mass is 616 g/mol. The number of hydrogen-bond acceptors (Lipinski definition) is 8. The molecule has 6 rings (SSSR count). The van der Waals surface area contributed by atoms with Crippen LogP contribution in [0.1, 0.15) is 17.8 Å². The highest BCUT2D eigenvalue weighted by Crippen LogP contribution is 2.26. The van der Waals surface area contributed by atoms with Gasteiger partial charge in [0.1, 0.15) is 11.2 Å². The van der Waals surface area contributed by atoms with Crippen LogP contribution < -0.4 is 0 Å². The van der Waals surface area contributed by atoms with Crippen molar-refractivity contribution in [2.75, 3.05) is 13.1 Å². The molecule has 0 spiro atoms. The van der Waals surface area contributed by atoms with E-state index in [0.29, 0.717) is 33.3 Å². The summed E-state index contributed by atoms with van der Waals surface area (Å²) < 4.78 is 69.0. The van der Waals surface area contributed by atoms with E-state index in [1.54, 1.807) is 85.2 Å². The first-order valence-corrected chi connectivity index (χ1v) is 16.4. The summed E-state index contributed by atoms with van der Waals surface area (Å²) in [5.41, 5.74) is 2.31. The molecule has 0 atom stereocenters. The average molecular weight is 617 g/mol. The molecule has 4 aromatic heterocycles. The number of benzene rings is 2. The van der Waals surface area contributed by atoms with Crippen LogP contribution in [0.15, 0.2) is 128 Å². The van der Waals surface area contributed by atoms with Gasteiger partial charge in [-0.25, -0.2) is 16.8 Å². The van der Waals surface area contributed by atoms with Crippen molar-refractivity contribution in [3.8, 4) is 0 Å². The average Bonchev–Trinajstić information content (AvgIpc) is 3.70. The molecule has 4 heterocycles. The van der Waals surface area contributed by atoms with Gasteiger partial charge >= 0.3 is 0 Å². The fraction of sp³-hybridized carbons (Fsp3) is 0.161. The van der Waals surface area contributed by atoms with Crippen molar-refractivity contribution in [3.05, 3.63) is 121 Å². The van der Waals surface area contributed by atoms with Crippen LogP contribution in [0.4, 0.5) is 0 Å². The minimum Gasteiger partial charge on any atom is -0.464 e. The second-order valence-electron chi connectivity index (χ2n) is 9.91. The van der Waals surface area contributed by atoms with E-state index in [2.05, 4.69) is 9.97 Å². The normalized spacial score (nSPS) is 12.5. The van der Waals surface area contributed by atoms with Crippen LogP contribution in [0, 0.1) is 0 Å². The molecule has 6 aromatic rings. The van der Waals surface area contributed by atoms with Gasteiger partial charge in [0, 0.05) is 36.3 Å². The molecule has 220 valence electrons. The Morgan fingerprint density at radius 1 is 0.581 bits per heavy atom. The molecule has 0 saturated heterocycles. The maximum atomic E-state index is 13.9. The number of nitrogens with zero attached hydrogens (tertiary/aromatic N) is 4. The number of sulfonamides is 2. The van der Waals surface area contributed by atoms with Gasteiger partial charge in [-0.2, -0.15) is 8.61 Å². The number of furan rings is 2. The topological polar surface area (TPSA) is 127 Å². The smallest absolute Gasteiger partial charge is 0.243 e. The molecule has 0 fully saturated rings. The third kappa shape index (κ3) is 6.22. The molecule has 0 N–H and O–H groups in total. The number of fused-ring (bicyclic) bond motifs is 2. The maximum absolute atomic E-state index is 13.9. The molecule has 0 radical (unpaired) electrons. The standard InChI is InChI=1S/C31H28N4O6S2/c36-42(37,28-8-10-30-24(20-28)12-18-40-30)34(22-26-6-1-3-14-32-26)16-5-17-35(23-27-7-2-4-15-33-27)43(38,39)29-9-11-31-25(21-29)13-19-41-31/h1-4,6-15,18-21H,5,16-17,22-23H2. The highest BCUT2D eigenvalue weighted by Gasteiger charge is 2.29. The van der Waals surface area contributed by atoms with Crippen LogP contribution >= 0.6 is 0 Å². The van der Waals surface area contributed by atoms with Gasteiger partial charge in [0.25, 0.3) is 0 Å². The fourth-order valence-electron chi connectivity index (χ4n) is 4.85. The van der Waals surface area contributed by atoms with Crippen molar-refractivity contribution < 1.29 is 25.7 Å². The van der Waals surface area contributed by atoms with Crippen LogP contribution in [0.25, 0.3) is 21.9 Å². The highest BCUT2D eigenvalue weighted by atomic mass is 32.2. The molecular weight excluding hydrogens is 588 g/mol. The third-order valence-corrected chi connectivity index (χ3v) is 10.7.